The lowest BCUT2D eigenvalue weighted by Crippen LogP contribution is -2.34. The van der Waals surface area contributed by atoms with Crippen LogP contribution >= 0.6 is 0 Å². The molecule has 1 fully saturated rings. The number of carbonyl (C=O) groups excluding carboxylic acids is 1. The molecule has 2 heterocycles. The van der Waals surface area contributed by atoms with Gasteiger partial charge in [-0.1, -0.05) is 0 Å². The van der Waals surface area contributed by atoms with E-state index in [2.05, 4.69) is 15.2 Å². The number of amides is 1. The van der Waals surface area contributed by atoms with Gasteiger partial charge in [0.2, 0.25) is 0 Å². The van der Waals surface area contributed by atoms with Gasteiger partial charge in [-0.05, 0) is 45.0 Å². The van der Waals surface area contributed by atoms with Gasteiger partial charge >= 0.3 is 0 Å². The molecule has 0 aliphatic carbocycles. The Bertz CT molecular complexity index is 395. The van der Waals surface area contributed by atoms with E-state index in [-0.39, 0.29) is 12.5 Å². The van der Waals surface area contributed by atoms with Crippen LogP contribution in [0.4, 0.5) is 0 Å². The minimum atomic E-state index is -0.517. The molecule has 1 atom stereocenters. The number of hydrogen-bond donors (Lipinski definition) is 3. The summed E-state index contributed by atoms with van der Waals surface area (Å²) in [6.07, 6.45) is 3.54. The van der Waals surface area contributed by atoms with E-state index in [4.69, 9.17) is 0 Å². The van der Waals surface area contributed by atoms with Crippen LogP contribution in [-0.2, 0) is 0 Å². The molecule has 5 heteroatoms. The summed E-state index contributed by atoms with van der Waals surface area (Å²) in [5.74, 6) is -0.112. The topological polar surface area (TPSA) is 66.3 Å². The van der Waals surface area contributed by atoms with Crippen molar-refractivity contribution in [3.63, 3.8) is 0 Å². The van der Waals surface area contributed by atoms with E-state index in [0.717, 1.165) is 25.9 Å². The zero-order valence-electron chi connectivity index (χ0n) is 10.7. The molecule has 1 amide bonds. The van der Waals surface area contributed by atoms with Gasteiger partial charge in [0.15, 0.2) is 0 Å². The van der Waals surface area contributed by atoms with Crippen molar-refractivity contribution in [1.29, 1.82) is 0 Å². The van der Waals surface area contributed by atoms with Crippen LogP contribution in [0.2, 0.25) is 0 Å². The van der Waals surface area contributed by atoms with Crippen molar-refractivity contribution in [3.05, 3.63) is 24.0 Å². The van der Waals surface area contributed by atoms with Crippen LogP contribution in [0.3, 0.4) is 0 Å². The van der Waals surface area contributed by atoms with Crippen LogP contribution in [-0.4, -0.2) is 41.3 Å². The number of aromatic nitrogens is 1. The Kier molecular flexibility index (Phi) is 4.38. The molecule has 0 spiro atoms. The van der Waals surface area contributed by atoms with Gasteiger partial charge in [-0.3, -0.25) is 4.79 Å². The lowest BCUT2D eigenvalue weighted by Gasteiger charge is -2.26. The van der Waals surface area contributed by atoms with E-state index >= 15 is 0 Å². The first kappa shape index (κ1) is 13.1. The molecule has 5 nitrogen and oxygen atoms in total. The highest BCUT2D eigenvalue weighted by Crippen LogP contribution is 2.21. The number of nitrogens with one attached hydrogen (secondary N) is 2. The number of hydrogen-bond acceptors (Lipinski definition) is 3. The van der Waals surface area contributed by atoms with Crippen molar-refractivity contribution in [1.82, 2.24) is 15.2 Å². The van der Waals surface area contributed by atoms with E-state index in [0.29, 0.717) is 11.7 Å². The molecule has 18 heavy (non-hydrogen) atoms. The summed E-state index contributed by atoms with van der Waals surface area (Å²) in [7, 11) is 0. The largest absolute Gasteiger partial charge is 0.392 e. The molecule has 0 radical (unpaired) electrons. The quantitative estimate of drug-likeness (QED) is 0.731. The molecule has 3 N–H and O–H groups in total. The summed E-state index contributed by atoms with van der Waals surface area (Å²) in [6.45, 7) is 3.94. The molecule has 0 aromatic carbocycles. The molecular formula is C13H21N3O2. The molecular weight excluding hydrogens is 230 g/mol. The van der Waals surface area contributed by atoms with Crippen LogP contribution in [0.25, 0.3) is 0 Å². The average molecular weight is 251 g/mol. The Morgan fingerprint density at radius 2 is 2.33 bits per heavy atom. The zero-order valence-corrected chi connectivity index (χ0v) is 10.7. The average Bonchev–Trinajstić information content (AvgIpc) is 2.86. The Balaban J connectivity index is 2.04. The van der Waals surface area contributed by atoms with E-state index in [9.17, 15) is 9.90 Å². The standard InChI is InChI=1S/C13H21N3O2/c1-10(17)9-15-13(18)12-3-2-8-16(12)11-4-6-14-7-5-11/h2-3,8,10-11,14,17H,4-7,9H2,1H3,(H,15,18)/t10-/m1/s1. The van der Waals surface area contributed by atoms with Crippen LogP contribution in [0, 0.1) is 0 Å². The Morgan fingerprint density at radius 1 is 1.61 bits per heavy atom. The van der Waals surface area contributed by atoms with Gasteiger partial charge < -0.3 is 20.3 Å². The molecule has 0 saturated carbocycles. The fourth-order valence-corrected chi connectivity index (χ4v) is 2.32. The summed E-state index contributed by atoms with van der Waals surface area (Å²) < 4.78 is 2.05. The Hall–Kier alpha value is -1.33. The summed E-state index contributed by atoms with van der Waals surface area (Å²) in [5.41, 5.74) is 0.683. The van der Waals surface area contributed by atoms with E-state index in [1.807, 2.05) is 18.3 Å². The maximum Gasteiger partial charge on any atom is 0.268 e. The number of nitrogens with zero attached hydrogens (tertiary/aromatic N) is 1. The third kappa shape index (κ3) is 3.11. The number of aliphatic hydroxyl groups excluding tert-OH is 1. The van der Waals surface area contributed by atoms with Gasteiger partial charge in [0.05, 0.1) is 6.10 Å². The minimum absolute atomic E-state index is 0.112. The second-order valence-electron chi connectivity index (χ2n) is 4.84. The van der Waals surface area contributed by atoms with Gasteiger partial charge in [0.25, 0.3) is 5.91 Å². The number of aliphatic hydroxyl groups is 1. The van der Waals surface area contributed by atoms with Crippen LogP contribution in [0.5, 0.6) is 0 Å². The van der Waals surface area contributed by atoms with Crippen molar-refractivity contribution < 1.29 is 9.90 Å². The Labute approximate surface area is 107 Å². The molecule has 1 aromatic rings. The third-order valence-corrected chi connectivity index (χ3v) is 3.27. The first-order chi connectivity index (χ1) is 8.68. The van der Waals surface area contributed by atoms with Crippen molar-refractivity contribution in [2.45, 2.75) is 31.9 Å². The molecule has 1 aliphatic rings. The monoisotopic (exact) mass is 251 g/mol. The fraction of sp³-hybridized carbons (Fsp3) is 0.615. The van der Waals surface area contributed by atoms with Crippen molar-refractivity contribution in [3.8, 4) is 0 Å². The van der Waals surface area contributed by atoms with Gasteiger partial charge in [0.1, 0.15) is 5.69 Å². The second-order valence-corrected chi connectivity index (χ2v) is 4.84. The number of piperidine rings is 1. The van der Waals surface area contributed by atoms with Crippen molar-refractivity contribution in [2.75, 3.05) is 19.6 Å². The summed E-state index contributed by atoms with van der Waals surface area (Å²) in [6, 6.07) is 4.13. The van der Waals surface area contributed by atoms with E-state index < -0.39 is 6.10 Å². The van der Waals surface area contributed by atoms with Crippen molar-refractivity contribution >= 4 is 5.91 Å². The molecule has 1 aliphatic heterocycles. The van der Waals surface area contributed by atoms with Gasteiger partial charge in [-0.2, -0.15) is 0 Å². The van der Waals surface area contributed by atoms with Gasteiger partial charge in [0, 0.05) is 18.8 Å². The lowest BCUT2D eigenvalue weighted by molar-refractivity contribution is 0.0911. The normalized spacial score (nSPS) is 18.6. The molecule has 0 bridgehead atoms. The first-order valence-electron chi connectivity index (χ1n) is 6.52. The lowest BCUT2D eigenvalue weighted by atomic mass is 10.1. The van der Waals surface area contributed by atoms with Crippen LogP contribution in [0.1, 0.15) is 36.3 Å². The van der Waals surface area contributed by atoms with Crippen molar-refractivity contribution in [2.24, 2.45) is 0 Å². The SMILES string of the molecule is C[C@@H](O)CNC(=O)c1cccn1C1CCNCC1. The van der Waals surface area contributed by atoms with Gasteiger partial charge in [-0.15, -0.1) is 0 Å². The smallest absolute Gasteiger partial charge is 0.268 e. The molecule has 1 saturated heterocycles. The first-order valence-corrected chi connectivity index (χ1v) is 6.52. The molecule has 100 valence electrons. The predicted molar refractivity (Wildman–Crippen MR) is 69.6 cm³/mol. The number of rotatable bonds is 4. The minimum Gasteiger partial charge on any atom is -0.392 e. The zero-order chi connectivity index (χ0) is 13.0. The highest BCUT2D eigenvalue weighted by atomic mass is 16.3. The summed E-state index contributed by atoms with van der Waals surface area (Å²) in [4.78, 5) is 12.0. The highest BCUT2D eigenvalue weighted by Gasteiger charge is 2.19. The maximum absolute atomic E-state index is 12.0. The second kappa shape index (κ2) is 6.02. The Morgan fingerprint density at radius 3 is 3.00 bits per heavy atom. The van der Waals surface area contributed by atoms with E-state index in [1.54, 1.807) is 6.92 Å². The molecule has 2 rings (SSSR count). The van der Waals surface area contributed by atoms with Crippen LogP contribution < -0.4 is 10.6 Å². The maximum atomic E-state index is 12.0. The summed E-state index contributed by atoms with van der Waals surface area (Å²) >= 11 is 0. The fourth-order valence-electron chi connectivity index (χ4n) is 2.32. The number of carbonyl (C=O) groups is 1. The third-order valence-electron chi connectivity index (χ3n) is 3.27. The van der Waals surface area contributed by atoms with Crippen LogP contribution in [0.15, 0.2) is 18.3 Å². The van der Waals surface area contributed by atoms with E-state index in [1.165, 1.54) is 0 Å². The highest BCUT2D eigenvalue weighted by molar-refractivity contribution is 5.92. The van der Waals surface area contributed by atoms with Gasteiger partial charge in [-0.25, -0.2) is 0 Å². The molecule has 0 unspecified atom stereocenters. The molecule has 1 aromatic heterocycles. The predicted octanol–water partition coefficient (Wildman–Crippen LogP) is 0.523. The summed E-state index contributed by atoms with van der Waals surface area (Å²) in [5, 5.41) is 15.2.